The van der Waals surface area contributed by atoms with Gasteiger partial charge in [0, 0.05) is 0 Å². The maximum absolute atomic E-state index is 3.75. The molecule has 0 radical (unpaired) electrons. The molecule has 0 rings (SSSR count). The molecule has 0 aliphatic carbocycles. The molecule has 0 saturated heterocycles. The zero-order chi connectivity index (χ0) is 52.5. The molecule has 70 heavy (non-hydrogen) atoms. The molecule has 0 aromatic heterocycles. The van der Waals surface area contributed by atoms with Crippen molar-refractivity contribution in [2.75, 3.05) is 0 Å². The molecule has 422 valence electrons. The monoisotopic (exact) mass is 983 g/mol. The maximum atomic E-state index is 3.75. The summed E-state index contributed by atoms with van der Waals surface area (Å²) in [6, 6.07) is 0. The van der Waals surface area contributed by atoms with Crippen LogP contribution in [0.4, 0.5) is 0 Å². The van der Waals surface area contributed by atoms with E-state index in [0.717, 1.165) is 65.1 Å². The summed E-state index contributed by atoms with van der Waals surface area (Å²) in [5.74, 6) is 10.4. The molecule has 0 aliphatic rings. The standard InChI is InChI=1S/C56H114.C14H28/c1-12-31-55(46-29-39-52(10)36-26-33-49(7)14-3)42-21-18-17-19-22-43-56(47-30-40-53(11)37-27-34-50(8)15-4)44-24-20-23-41-54(16-5)45-28-38-51(9)35-25-32-48(6)13-2;1-5-7-8-10-14(4)12-9-11-13(3)6-2/h48-56H,12-47H2,1-11H3;5,13-14H,1,6-12H2,2-4H3. The van der Waals surface area contributed by atoms with Crippen LogP contribution in [-0.2, 0) is 0 Å². The predicted molar refractivity (Wildman–Crippen MR) is 327 cm³/mol. The molecule has 0 nitrogen and oxygen atoms in total. The van der Waals surface area contributed by atoms with Crippen LogP contribution in [0.5, 0.6) is 0 Å². The minimum Gasteiger partial charge on any atom is -0.103 e. The summed E-state index contributed by atoms with van der Waals surface area (Å²) in [5, 5.41) is 0. The molecule has 0 bridgehead atoms. The number of unbranched alkanes of at least 4 members (excludes halogenated alkanes) is 7. The highest BCUT2D eigenvalue weighted by Gasteiger charge is 2.14. The van der Waals surface area contributed by atoms with Crippen LogP contribution in [0, 0.1) is 65.1 Å². The summed E-state index contributed by atoms with van der Waals surface area (Å²) in [7, 11) is 0. The summed E-state index contributed by atoms with van der Waals surface area (Å²) < 4.78 is 0. The largest absolute Gasteiger partial charge is 0.103 e. The molecule has 0 fully saturated rings. The van der Waals surface area contributed by atoms with Gasteiger partial charge in [0.25, 0.3) is 0 Å². The van der Waals surface area contributed by atoms with E-state index in [0.29, 0.717) is 0 Å². The van der Waals surface area contributed by atoms with Crippen LogP contribution in [0.25, 0.3) is 0 Å². The first-order valence-electron chi connectivity index (χ1n) is 33.4. The quantitative estimate of drug-likeness (QED) is 0.0421. The van der Waals surface area contributed by atoms with Crippen molar-refractivity contribution in [1.29, 1.82) is 0 Å². The van der Waals surface area contributed by atoms with E-state index in [1.807, 2.05) is 6.08 Å². The van der Waals surface area contributed by atoms with Crippen LogP contribution in [0.15, 0.2) is 12.7 Å². The molecule has 0 heterocycles. The summed E-state index contributed by atoms with van der Waals surface area (Å²) in [6.45, 7) is 37.6. The average molecular weight is 984 g/mol. The Bertz CT molecular complexity index is 994. The second kappa shape index (κ2) is 53.6. The van der Waals surface area contributed by atoms with Crippen molar-refractivity contribution >= 4 is 0 Å². The molecule has 0 saturated carbocycles. The third kappa shape index (κ3) is 49.9. The van der Waals surface area contributed by atoms with Gasteiger partial charge in [0.2, 0.25) is 0 Å². The highest BCUT2D eigenvalue weighted by atomic mass is 14.2. The molecule has 0 aromatic rings. The van der Waals surface area contributed by atoms with Gasteiger partial charge in [-0.2, -0.15) is 0 Å². The van der Waals surface area contributed by atoms with Gasteiger partial charge in [0.15, 0.2) is 0 Å². The Morgan fingerprint density at radius 2 is 0.457 bits per heavy atom. The molecule has 11 unspecified atom stereocenters. The van der Waals surface area contributed by atoms with Gasteiger partial charge in [0.1, 0.15) is 0 Å². The molecule has 0 aliphatic heterocycles. The second-order valence-electron chi connectivity index (χ2n) is 26.0. The van der Waals surface area contributed by atoms with Gasteiger partial charge in [-0.1, -0.05) is 366 Å². The van der Waals surface area contributed by atoms with Gasteiger partial charge in [-0.05, 0) is 77.9 Å². The molecule has 0 heteroatoms. The van der Waals surface area contributed by atoms with Crippen molar-refractivity contribution in [3.8, 4) is 0 Å². The Kier molecular flexibility index (Phi) is 55.0. The zero-order valence-electron chi connectivity index (χ0n) is 52.0. The number of hydrogen-bond acceptors (Lipinski definition) is 0. The van der Waals surface area contributed by atoms with E-state index in [9.17, 15) is 0 Å². The Morgan fingerprint density at radius 3 is 0.757 bits per heavy atom. The lowest BCUT2D eigenvalue weighted by molar-refractivity contribution is 0.335. The topological polar surface area (TPSA) is 0 Å². The van der Waals surface area contributed by atoms with E-state index in [1.54, 1.807) is 0 Å². The number of hydrogen-bond donors (Lipinski definition) is 0. The lowest BCUT2D eigenvalue weighted by Gasteiger charge is -2.20. The first-order chi connectivity index (χ1) is 33.8. The SMILES string of the molecule is C=CCCCC(C)CCCC(C)CC.CCCC(CCCCCCCC(CCCCCC(CC)CCCC(C)CCCC(C)CC)CCCC(C)CCCC(C)CC)CCCC(C)CCCC(C)CC. The van der Waals surface area contributed by atoms with Crippen molar-refractivity contribution in [1.82, 2.24) is 0 Å². The minimum atomic E-state index is 0.916. The van der Waals surface area contributed by atoms with Crippen molar-refractivity contribution in [2.45, 2.75) is 373 Å². The Balaban J connectivity index is 0. The molecular weight excluding hydrogens is 841 g/mol. The lowest BCUT2D eigenvalue weighted by atomic mass is 9.86. The summed E-state index contributed by atoms with van der Waals surface area (Å²) in [6.07, 6.45) is 64.2. The van der Waals surface area contributed by atoms with Crippen molar-refractivity contribution in [3.63, 3.8) is 0 Å². The van der Waals surface area contributed by atoms with Crippen LogP contribution < -0.4 is 0 Å². The van der Waals surface area contributed by atoms with Crippen molar-refractivity contribution < 1.29 is 0 Å². The fraction of sp³-hybridized carbons (Fsp3) is 0.971. The van der Waals surface area contributed by atoms with Gasteiger partial charge in [-0.25, -0.2) is 0 Å². The van der Waals surface area contributed by atoms with Gasteiger partial charge in [-0.3, -0.25) is 0 Å². The van der Waals surface area contributed by atoms with E-state index in [2.05, 4.69) is 104 Å². The summed E-state index contributed by atoms with van der Waals surface area (Å²) >= 11 is 0. The van der Waals surface area contributed by atoms with E-state index in [1.165, 1.54) is 276 Å². The summed E-state index contributed by atoms with van der Waals surface area (Å²) in [4.78, 5) is 0. The van der Waals surface area contributed by atoms with Crippen molar-refractivity contribution in [3.05, 3.63) is 12.7 Å². The van der Waals surface area contributed by atoms with Gasteiger partial charge < -0.3 is 0 Å². The van der Waals surface area contributed by atoms with E-state index in [-0.39, 0.29) is 0 Å². The first-order valence-corrected chi connectivity index (χ1v) is 33.4. The van der Waals surface area contributed by atoms with Crippen LogP contribution in [0.2, 0.25) is 0 Å². The second-order valence-corrected chi connectivity index (χ2v) is 26.0. The van der Waals surface area contributed by atoms with Gasteiger partial charge in [-0.15, -0.1) is 6.58 Å². The third-order valence-electron chi connectivity index (χ3n) is 18.6. The predicted octanol–water partition coefficient (Wildman–Crippen LogP) is 26.0. The van der Waals surface area contributed by atoms with Gasteiger partial charge >= 0.3 is 0 Å². The van der Waals surface area contributed by atoms with E-state index in [4.69, 9.17) is 0 Å². The molecule has 0 spiro atoms. The Morgan fingerprint density at radius 1 is 0.229 bits per heavy atom. The average Bonchev–Trinajstić information content (AvgIpc) is 3.34. The molecule has 11 atom stereocenters. The number of allylic oxidation sites excluding steroid dienone is 1. The van der Waals surface area contributed by atoms with Crippen molar-refractivity contribution in [2.24, 2.45) is 65.1 Å². The maximum Gasteiger partial charge on any atom is -0.0353 e. The molecule has 0 N–H and O–H groups in total. The van der Waals surface area contributed by atoms with E-state index >= 15 is 0 Å². The van der Waals surface area contributed by atoms with E-state index < -0.39 is 0 Å². The molecule has 0 aromatic carbocycles. The fourth-order valence-electron chi connectivity index (χ4n) is 11.8. The summed E-state index contributed by atoms with van der Waals surface area (Å²) in [5.41, 5.74) is 0. The van der Waals surface area contributed by atoms with Crippen LogP contribution in [0.3, 0.4) is 0 Å². The lowest BCUT2D eigenvalue weighted by Crippen LogP contribution is -2.05. The van der Waals surface area contributed by atoms with Gasteiger partial charge in [0.05, 0.1) is 0 Å². The minimum absolute atomic E-state index is 0.916. The third-order valence-corrected chi connectivity index (χ3v) is 18.6. The van der Waals surface area contributed by atoms with Crippen LogP contribution in [0.1, 0.15) is 373 Å². The highest BCUT2D eigenvalue weighted by Crippen LogP contribution is 2.30. The Labute approximate surface area is 448 Å². The first kappa shape index (κ1) is 71.8. The molecule has 0 amide bonds. The van der Waals surface area contributed by atoms with Crippen LogP contribution >= 0.6 is 0 Å². The highest BCUT2D eigenvalue weighted by molar-refractivity contribution is 4.69. The fourth-order valence-corrected chi connectivity index (χ4v) is 11.8. The zero-order valence-corrected chi connectivity index (χ0v) is 52.0. The smallest absolute Gasteiger partial charge is 0.0353 e. The van der Waals surface area contributed by atoms with Crippen LogP contribution in [-0.4, -0.2) is 0 Å². The normalized spacial score (nSPS) is 16.6. The molecular formula is C70H142. The Hall–Kier alpha value is -0.260. The number of rotatable bonds is 53.